The molecule has 2 aromatic rings. The highest BCUT2D eigenvalue weighted by Crippen LogP contribution is 2.25. The Hall–Kier alpha value is -1.62. The van der Waals surface area contributed by atoms with Crippen LogP contribution >= 0.6 is 0 Å². The van der Waals surface area contributed by atoms with Gasteiger partial charge in [0.15, 0.2) is 0 Å². The first-order valence-electron chi connectivity index (χ1n) is 5.61. The monoisotopic (exact) mass is 217 g/mol. The molecule has 0 spiro atoms. The van der Waals surface area contributed by atoms with Crippen LogP contribution < -0.4 is 5.73 Å². The van der Waals surface area contributed by atoms with E-state index < -0.39 is 0 Å². The summed E-state index contributed by atoms with van der Waals surface area (Å²) >= 11 is 0. The van der Waals surface area contributed by atoms with Crippen molar-refractivity contribution < 1.29 is 0 Å². The van der Waals surface area contributed by atoms with Crippen molar-refractivity contribution in [1.82, 2.24) is 19.9 Å². The molecule has 1 fully saturated rings. The Morgan fingerprint density at radius 3 is 3.00 bits per heavy atom. The second-order valence-electron chi connectivity index (χ2n) is 4.26. The number of nitrogens with two attached hydrogens (primary N) is 1. The number of nitrogens with zero attached hydrogens (tertiary/aromatic N) is 4. The van der Waals surface area contributed by atoms with Gasteiger partial charge >= 0.3 is 0 Å². The van der Waals surface area contributed by atoms with Crippen LogP contribution in [-0.4, -0.2) is 39.5 Å². The summed E-state index contributed by atoms with van der Waals surface area (Å²) in [6.07, 6.45) is 0. The van der Waals surface area contributed by atoms with Crippen molar-refractivity contribution in [1.29, 1.82) is 0 Å². The van der Waals surface area contributed by atoms with Gasteiger partial charge in [-0.3, -0.25) is 4.90 Å². The third-order valence-electron chi connectivity index (χ3n) is 3.26. The lowest BCUT2D eigenvalue weighted by Crippen LogP contribution is -2.47. The minimum atomic E-state index is 0.451. The fraction of sp³-hybridized carbons (Fsp3) is 0.455. The Morgan fingerprint density at radius 2 is 2.25 bits per heavy atom. The van der Waals surface area contributed by atoms with E-state index in [2.05, 4.69) is 22.1 Å². The van der Waals surface area contributed by atoms with Gasteiger partial charge in [0.2, 0.25) is 0 Å². The standard InChI is InChI=1S/C11H15N5/c1-2-15-6-8(7-15)16-10-5-3-4-9(12)11(10)13-14-16/h3-5,8H,2,6-7,12H2,1H3. The molecule has 1 saturated heterocycles. The van der Waals surface area contributed by atoms with Crippen LogP contribution in [0.3, 0.4) is 0 Å². The summed E-state index contributed by atoms with van der Waals surface area (Å²) in [5.41, 5.74) is 8.42. The Morgan fingerprint density at radius 1 is 1.44 bits per heavy atom. The molecule has 1 aromatic heterocycles. The van der Waals surface area contributed by atoms with Crippen LogP contribution in [-0.2, 0) is 0 Å². The van der Waals surface area contributed by atoms with Gasteiger partial charge in [0.05, 0.1) is 17.2 Å². The summed E-state index contributed by atoms with van der Waals surface area (Å²) in [5.74, 6) is 0. The fourth-order valence-electron chi connectivity index (χ4n) is 2.21. The molecule has 3 rings (SSSR count). The van der Waals surface area contributed by atoms with Crippen LogP contribution in [0, 0.1) is 0 Å². The Balaban J connectivity index is 1.97. The van der Waals surface area contributed by atoms with Crippen molar-refractivity contribution in [3.63, 3.8) is 0 Å². The number of fused-ring (bicyclic) bond motifs is 1. The average Bonchev–Trinajstić information content (AvgIpc) is 2.62. The number of likely N-dealkylation sites (N-methyl/N-ethyl adjacent to an activating group) is 1. The van der Waals surface area contributed by atoms with Crippen molar-refractivity contribution >= 4 is 16.7 Å². The smallest absolute Gasteiger partial charge is 0.136 e. The maximum atomic E-state index is 5.86. The topological polar surface area (TPSA) is 60.0 Å². The van der Waals surface area contributed by atoms with Crippen molar-refractivity contribution in [2.75, 3.05) is 25.4 Å². The zero-order valence-electron chi connectivity index (χ0n) is 9.30. The fourth-order valence-corrected chi connectivity index (χ4v) is 2.21. The SMILES string of the molecule is CCN1CC(n2nnc3c(N)cccc32)C1. The van der Waals surface area contributed by atoms with Crippen LogP contribution in [0.4, 0.5) is 5.69 Å². The number of hydrogen-bond donors (Lipinski definition) is 1. The van der Waals surface area contributed by atoms with Crippen LogP contribution in [0.2, 0.25) is 0 Å². The van der Waals surface area contributed by atoms with E-state index in [0.29, 0.717) is 11.7 Å². The van der Waals surface area contributed by atoms with Gasteiger partial charge < -0.3 is 5.73 Å². The Labute approximate surface area is 93.8 Å². The summed E-state index contributed by atoms with van der Waals surface area (Å²) < 4.78 is 2.00. The third-order valence-corrected chi connectivity index (χ3v) is 3.26. The zero-order chi connectivity index (χ0) is 11.1. The van der Waals surface area contributed by atoms with E-state index in [-0.39, 0.29) is 0 Å². The molecule has 84 valence electrons. The molecule has 0 unspecified atom stereocenters. The minimum absolute atomic E-state index is 0.451. The van der Waals surface area contributed by atoms with Gasteiger partial charge in [0.25, 0.3) is 0 Å². The molecule has 0 saturated carbocycles. The molecule has 2 heterocycles. The average molecular weight is 217 g/mol. The molecule has 1 aliphatic heterocycles. The first-order chi connectivity index (χ1) is 7.79. The van der Waals surface area contributed by atoms with Gasteiger partial charge in [-0.1, -0.05) is 18.2 Å². The van der Waals surface area contributed by atoms with Crippen LogP contribution in [0.1, 0.15) is 13.0 Å². The lowest BCUT2D eigenvalue weighted by Gasteiger charge is -2.38. The van der Waals surface area contributed by atoms with Gasteiger partial charge in [-0.2, -0.15) is 0 Å². The molecule has 5 nitrogen and oxygen atoms in total. The van der Waals surface area contributed by atoms with E-state index >= 15 is 0 Å². The van der Waals surface area contributed by atoms with Crippen molar-refractivity contribution in [3.8, 4) is 0 Å². The molecular formula is C11H15N5. The maximum Gasteiger partial charge on any atom is 0.136 e. The molecule has 0 atom stereocenters. The minimum Gasteiger partial charge on any atom is -0.397 e. The number of nitrogen functional groups attached to an aromatic ring is 1. The third kappa shape index (κ3) is 1.28. The molecule has 0 radical (unpaired) electrons. The van der Waals surface area contributed by atoms with Crippen LogP contribution in [0.25, 0.3) is 11.0 Å². The molecular weight excluding hydrogens is 202 g/mol. The van der Waals surface area contributed by atoms with Crippen molar-refractivity contribution in [3.05, 3.63) is 18.2 Å². The lowest BCUT2D eigenvalue weighted by atomic mass is 10.1. The predicted octanol–water partition coefficient (Wildman–Crippen LogP) is 0.890. The maximum absolute atomic E-state index is 5.86. The molecule has 0 bridgehead atoms. The van der Waals surface area contributed by atoms with E-state index in [1.807, 2.05) is 22.9 Å². The highest BCUT2D eigenvalue weighted by molar-refractivity contribution is 5.86. The molecule has 2 N–H and O–H groups in total. The number of benzene rings is 1. The van der Waals surface area contributed by atoms with Crippen molar-refractivity contribution in [2.45, 2.75) is 13.0 Å². The number of aromatic nitrogens is 3. The van der Waals surface area contributed by atoms with Crippen LogP contribution in [0.5, 0.6) is 0 Å². The highest BCUT2D eigenvalue weighted by Gasteiger charge is 2.28. The number of likely N-dealkylation sites (tertiary alicyclic amines) is 1. The first kappa shape index (κ1) is 9.59. The molecule has 1 aliphatic rings. The van der Waals surface area contributed by atoms with Crippen LogP contribution in [0.15, 0.2) is 18.2 Å². The van der Waals surface area contributed by atoms with E-state index in [9.17, 15) is 0 Å². The van der Waals surface area contributed by atoms with Gasteiger partial charge in [-0.15, -0.1) is 5.10 Å². The molecule has 0 aliphatic carbocycles. The van der Waals surface area contributed by atoms with E-state index in [4.69, 9.17) is 5.73 Å². The van der Waals surface area contributed by atoms with Crippen molar-refractivity contribution in [2.24, 2.45) is 0 Å². The molecule has 0 amide bonds. The summed E-state index contributed by atoms with van der Waals surface area (Å²) in [6.45, 7) is 5.40. The Bertz CT molecular complexity index is 512. The Kier molecular flexibility index (Phi) is 2.07. The quantitative estimate of drug-likeness (QED) is 0.759. The molecule has 16 heavy (non-hydrogen) atoms. The second-order valence-corrected chi connectivity index (χ2v) is 4.26. The van der Waals surface area contributed by atoms with E-state index in [1.165, 1.54) is 0 Å². The van der Waals surface area contributed by atoms with E-state index in [0.717, 1.165) is 30.7 Å². The largest absolute Gasteiger partial charge is 0.397 e. The van der Waals surface area contributed by atoms with Gasteiger partial charge in [0.1, 0.15) is 5.52 Å². The first-order valence-corrected chi connectivity index (χ1v) is 5.61. The number of hydrogen-bond acceptors (Lipinski definition) is 4. The summed E-state index contributed by atoms with van der Waals surface area (Å²) in [7, 11) is 0. The van der Waals surface area contributed by atoms with E-state index in [1.54, 1.807) is 0 Å². The van der Waals surface area contributed by atoms with Gasteiger partial charge in [-0.25, -0.2) is 4.68 Å². The summed E-state index contributed by atoms with van der Waals surface area (Å²) in [6, 6.07) is 6.29. The van der Waals surface area contributed by atoms with Gasteiger partial charge in [-0.05, 0) is 18.7 Å². The number of anilines is 1. The lowest BCUT2D eigenvalue weighted by molar-refractivity contribution is 0.107. The predicted molar refractivity (Wildman–Crippen MR) is 63.1 cm³/mol. The zero-order valence-corrected chi connectivity index (χ0v) is 9.30. The summed E-state index contributed by atoms with van der Waals surface area (Å²) in [4.78, 5) is 2.38. The normalized spacial score (nSPS) is 17.8. The van der Waals surface area contributed by atoms with Gasteiger partial charge in [0, 0.05) is 13.1 Å². The molecule has 1 aromatic carbocycles. The highest BCUT2D eigenvalue weighted by atomic mass is 15.5. The number of rotatable bonds is 2. The second kappa shape index (κ2) is 3.45. The molecule has 5 heteroatoms. The summed E-state index contributed by atoms with van der Waals surface area (Å²) in [5, 5.41) is 8.35.